The van der Waals surface area contributed by atoms with Crippen LogP contribution in [0.25, 0.3) is 0 Å². The Bertz CT molecular complexity index is 914. The van der Waals surface area contributed by atoms with Crippen LogP contribution in [0.15, 0.2) is 34.2 Å². The summed E-state index contributed by atoms with van der Waals surface area (Å²) >= 11 is 6.04. The summed E-state index contributed by atoms with van der Waals surface area (Å²) in [5, 5.41) is 0.196. The molecule has 2 aromatic rings. The molecule has 0 radical (unpaired) electrons. The minimum absolute atomic E-state index is 0.00551. The number of nitrogens with zero attached hydrogens (tertiary/aromatic N) is 4. The number of nitrogen functional groups attached to an aromatic ring is 1. The van der Waals surface area contributed by atoms with Gasteiger partial charge in [0.05, 0.1) is 23.2 Å². The molecule has 3 rings (SSSR count). The number of rotatable bonds is 4. The molecule has 2 heterocycles. The predicted octanol–water partition coefficient (Wildman–Crippen LogP) is 1.31. The fraction of sp³-hybridized carbons (Fsp3) is 0.375. The van der Waals surface area contributed by atoms with Crippen LogP contribution in [0.4, 0.5) is 11.8 Å². The standard InChI is InChI=1S/C16H20ClN5O3S/c1-21-5-7-22(8-6-21)16-19-10-14(15(18)20-16)26(23,24)11-3-4-13(25-2)12(17)9-11/h3-4,9-10H,5-8H2,1-2H3,(H2,18,19,20). The zero-order valence-electron chi connectivity index (χ0n) is 14.5. The lowest BCUT2D eigenvalue weighted by atomic mass is 10.3. The highest BCUT2D eigenvalue weighted by atomic mass is 35.5. The summed E-state index contributed by atoms with van der Waals surface area (Å²) in [7, 11) is -0.390. The Morgan fingerprint density at radius 2 is 1.92 bits per heavy atom. The summed E-state index contributed by atoms with van der Waals surface area (Å²) in [6.45, 7) is 3.29. The Kier molecular flexibility index (Phi) is 5.22. The van der Waals surface area contributed by atoms with E-state index in [-0.39, 0.29) is 20.6 Å². The number of hydrogen-bond acceptors (Lipinski definition) is 8. The number of ether oxygens (including phenoxy) is 1. The van der Waals surface area contributed by atoms with Crippen LogP contribution in [0.5, 0.6) is 5.75 Å². The molecule has 0 unspecified atom stereocenters. The minimum atomic E-state index is -3.89. The number of piperazine rings is 1. The fourth-order valence-corrected chi connectivity index (χ4v) is 4.29. The summed E-state index contributed by atoms with van der Waals surface area (Å²) in [6.07, 6.45) is 1.25. The molecular formula is C16H20ClN5O3S. The zero-order valence-corrected chi connectivity index (χ0v) is 16.1. The van der Waals surface area contributed by atoms with E-state index in [0.717, 1.165) is 26.2 Å². The van der Waals surface area contributed by atoms with E-state index in [1.165, 1.54) is 31.5 Å². The fourth-order valence-electron chi connectivity index (χ4n) is 2.68. The Morgan fingerprint density at radius 1 is 1.23 bits per heavy atom. The van der Waals surface area contributed by atoms with Crippen molar-refractivity contribution in [1.82, 2.24) is 14.9 Å². The van der Waals surface area contributed by atoms with Crippen molar-refractivity contribution < 1.29 is 13.2 Å². The number of sulfone groups is 1. The SMILES string of the molecule is COc1ccc(S(=O)(=O)c2cnc(N3CCN(C)CC3)nc2N)cc1Cl. The third kappa shape index (κ3) is 3.55. The zero-order chi connectivity index (χ0) is 18.9. The molecule has 0 bridgehead atoms. The van der Waals surface area contributed by atoms with E-state index in [1.54, 1.807) is 0 Å². The van der Waals surface area contributed by atoms with Crippen LogP contribution in [-0.4, -0.2) is 63.6 Å². The van der Waals surface area contributed by atoms with Crippen LogP contribution >= 0.6 is 11.6 Å². The molecule has 1 aromatic heterocycles. The Morgan fingerprint density at radius 3 is 2.50 bits per heavy atom. The third-order valence-electron chi connectivity index (χ3n) is 4.28. The monoisotopic (exact) mass is 397 g/mol. The third-order valence-corrected chi connectivity index (χ3v) is 6.34. The van der Waals surface area contributed by atoms with Gasteiger partial charge in [-0.3, -0.25) is 0 Å². The molecule has 0 atom stereocenters. The molecule has 26 heavy (non-hydrogen) atoms. The van der Waals surface area contributed by atoms with Crippen molar-refractivity contribution in [3.63, 3.8) is 0 Å². The quantitative estimate of drug-likeness (QED) is 0.823. The maximum atomic E-state index is 12.9. The van der Waals surface area contributed by atoms with Gasteiger partial charge in [0.1, 0.15) is 16.5 Å². The second-order valence-electron chi connectivity index (χ2n) is 6.01. The highest BCUT2D eigenvalue weighted by Crippen LogP contribution is 2.31. The molecule has 0 spiro atoms. The van der Waals surface area contributed by atoms with Gasteiger partial charge in [0.2, 0.25) is 15.8 Å². The largest absolute Gasteiger partial charge is 0.495 e. The second kappa shape index (κ2) is 7.26. The van der Waals surface area contributed by atoms with Gasteiger partial charge in [-0.1, -0.05) is 11.6 Å². The van der Waals surface area contributed by atoms with Crippen LogP contribution in [0, 0.1) is 0 Å². The molecule has 140 valence electrons. The first-order chi connectivity index (χ1) is 12.3. The summed E-state index contributed by atoms with van der Waals surface area (Å²) in [4.78, 5) is 12.5. The Balaban J connectivity index is 1.92. The topological polar surface area (TPSA) is 102 Å². The molecule has 10 heteroatoms. The van der Waals surface area contributed by atoms with E-state index in [2.05, 4.69) is 14.9 Å². The normalized spacial score (nSPS) is 15.9. The van der Waals surface area contributed by atoms with Crippen molar-refractivity contribution >= 4 is 33.2 Å². The molecular weight excluding hydrogens is 378 g/mol. The number of nitrogens with two attached hydrogens (primary N) is 1. The van der Waals surface area contributed by atoms with E-state index in [9.17, 15) is 8.42 Å². The Hall–Kier alpha value is -2.10. The van der Waals surface area contributed by atoms with E-state index >= 15 is 0 Å². The van der Waals surface area contributed by atoms with Crippen LogP contribution in [-0.2, 0) is 9.84 Å². The predicted molar refractivity (Wildman–Crippen MR) is 99.6 cm³/mol. The average molecular weight is 398 g/mol. The van der Waals surface area contributed by atoms with Crippen molar-refractivity contribution in [1.29, 1.82) is 0 Å². The molecule has 1 saturated heterocycles. The van der Waals surface area contributed by atoms with Gasteiger partial charge in [-0.05, 0) is 25.2 Å². The van der Waals surface area contributed by atoms with E-state index in [4.69, 9.17) is 22.1 Å². The lowest BCUT2D eigenvalue weighted by Crippen LogP contribution is -2.45. The summed E-state index contributed by atoms with van der Waals surface area (Å²) < 4.78 is 30.8. The van der Waals surface area contributed by atoms with Gasteiger partial charge in [-0.2, -0.15) is 4.98 Å². The van der Waals surface area contributed by atoms with Crippen molar-refractivity contribution in [3.8, 4) is 5.75 Å². The number of halogens is 1. The van der Waals surface area contributed by atoms with Gasteiger partial charge in [-0.25, -0.2) is 13.4 Å². The molecule has 1 aliphatic heterocycles. The van der Waals surface area contributed by atoms with Crippen LogP contribution in [0.3, 0.4) is 0 Å². The second-order valence-corrected chi connectivity index (χ2v) is 8.33. The number of aromatic nitrogens is 2. The smallest absolute Gasteiger partial charge is 0.227 e. The van der Waals surface area contributed by atoms with Crippen LogP contribution in [0.2, 0.25) is 5.02 Å². The maximum Gasteiger partial charge on any atom is 0.227 e. The molecule has 1 aliphatic rings. The number of anilines is 2. The molecule has 1 aromatic carbocycles. The molecule has 0 amide bonds. The van der Waals surface area contributed by atoms with Gasteiger partial charge in [0.15, 0.2) is 0 Å². The number of likely N-dealkylation sites (N-methyl/N-ethyl adjacent to an activating group) is 1. The number of benzene rings is 1. The first-order valence-corrected chi connectivity index (χ1v) is 9.83. The number of hydrogen-bond donors (Lipinski definition) is 1. The van der Waals surface area contributed by atoms with Crippen molar-refractivity contribution in [2.24, 2.45) is 0 Å². The van der Waals surface area contributed by atoms with Gasteiger partial charge < -0.3 is 20.3 Å². The molecule has 0 aliphatic carbocycles. The molecule has 2 N–H and O–H groups in total. The van der Waals surface area contributed by atoms with E-state index < -0.39 is 9.84 Å². The summed E-state index contributed by atoms with van der Waals surface area (Å²) in [5.41, 5.74) is 5.95. The van der Waals surface area contributed by atoms with Gasteiger partial charge in [-0.15, -0.1) is 0 Å². The lowest BCUT2D eigenvalue weighted by molar-refractivity contribution is 0.311. The number of methoxy groups -OCH3 is 1. The summed E-state index contributed by atoms with van der Waals surface area (Å²) in [6, 6.07) is 4.22. The first-order valence-electron chi connectivity index (χ1n) is 7.97. The van der Waals surface area contributed by atoms with Gasteiger partial charge >= 0.3 is 0 Å². The van der Waals surface area contributed by atoms with E-state index in [0.29, 0.717) is 11.7 Å². The molecule has 8 nitrogen and oxygen atoms in total. The highest BCUT2D eigenvalue weighted by Gasteiger charge is 2.25. The van der Waals surface area contributed by atoms with Crippen LogP contribution < -0.4 is 15.4 Å². The highest BCUT2D eigenvalue weighted by molar-refractivity contribution is 7.91. The van der Waals surface area contributed by atoms with Gasteiger partial charge in [0, 0.05) is 26.2 Å². The van der Waals surface area contributed by atoms with Crippen LogP contribution in [0.1, 0.15) is 0 Å². The first kappa shape index (κ1) is 18.7. The minimum Gasteiger partial charge on any atom is -0.495 e. The van der Waals surface area contributed by atoms with E-state index in [1.807, 2.05) is 11.9 Å². The van der Waals surface area contributed by atoms with Crippen molar-refractivity contribution in [2.45, 2.75) is 9.79 Å². The summed E-state index contributed by atoms with van der Waals surface area (Å²) in [5.74, 6) is 0.739. The van der Waals surface area contributed by atoms with Gasteiger partial charge in [0.25, 0.3) is 0 Å². The van der Waals surface area contributed by atoms with Crippen molar-refractivity contribution in [2.75, 3.05) is 51.0 Å². The van der Waals surface area contributed by atoms with Crippen molar-refractivity contribution in [3.05, 3.63) is 29.4 Å². The molecule has 0 saturated carbocycles. The average Bonchev–Trinajstić information content (AvgIpc) is 2.62. The Labute approximate surface area is 157 Å². The molecule has 1 fully saturated rings. The lowest BCUT2D eigenvalue weighted by Gasteiger charge is -2.32. The maximum absolute atomic E-state index is 12.9.